The number of nitrogens with one attached hydrogen (secondary N) is 1. The fraction of sp³-hybridized carbons (Fsp3) is 0.250. The molecule has 0 aliphatic rings. The maximum absolute atomic E-state index is 10.8. The minimum Gasteiger partial charge on any atom is -0.307 e. The van der Waals surface area contributed by atoms with Crippen molar-refractivity contribution >= 4 is 17.0 Å². The zero-order valence-electron chi connectivity index (χ0n) is 9.92. The summed E-state index contributed by atoms with van der Waals surface area (Å²) in [4.78, 5) is 15.8. The predicted molar refractivity (Wildman–Crippen MR) is 70.5 cm³/mol. The molecular weight excluding hydrogens is 250 g/mol. The van der Waals surface area contributed by atoms with E-state index in [1.807, 2.05) is 13.0 Å². The Morgan fingerprint density at radius 2 is 2.17 bits per heavy atom. The van der Waals surface area contributed by atoms with Crippen LogP contribution in [0.15, 0.2) is 29.8 Å². The zero-order chi connectivity index (χ0) is 13.0. The van der Waals surface area contributed by atoms with Gasteiger partial charge in [0.1, 0.15) is 0 Å². The molecule has 0 fully saturated rings. The van der Waals surface area contributed by atoms with Crippen LogP contribution in [-0.4, -0.2) is 9.91 Å². The number of para-hydroxylation sites is 1. The molecule has 1 N–H and O–H groups in total. The van der Waals surface area contributed by atoms with E-state index >= 15 is 0 Å². The van der Waals surface area contributed by atoms with Crippen LogP contribution in [0.2, 0.25) is 0 Å². The van der Waals surface area contributed by atoms with Gasteiger partial charge in [0.15, 0.2) is 0 Å². The molecule has 0 bridgehead atoms. The van der Waals surface area contributed by atoms with Crippen molar-refractivity contribution < 1.29 is 4.92 Å². The van der Waals surface area contributed by atoms with Crippen LogP contribution >= 0.6 is 11.3 Å². The molecule has 18 heavy (non-hydrogen) atoms. The van der Waals surface area contributed by atoms with E-state index in [0.29, 0.717) is 18.7 Å². The van der Waals surface area contributed by atoms with E-state index in [1.54, 1.807) is 29.0 Å². The number of nitrogens with zero attached hydrogens (tertiary/aromatic N) is 2. The van der Waals surface area contributed by atoms with Crippen molar-refractivity contribution in [1.29, 1.82) is 0 Å². The SMILES string of the molecule is Cc1ncsc1CNCc1ccccc1[N+](=O)[O-]. The number of hydrogen-bond acceptors (Lipinski definition) is 5. The highest BCUT2D eigenvalue weighted by Crippen LogP contribution is 2.18. The minimum absolute atomic E-state index is 0.158. The molecule has 1 aromatic heterocycles. The summed E-state index contributed by atoms with van der Waals surface area (Å²) in [6, 6.07) is 6.77. The first-order valence-electron chi connectivity index (χ1n) is 5.50. The molecule has 0 spiro atoms. The molecule has 0 aliphatic heterocycles. The third kappa shape index (κ3) is 2.91. The maximum atomic E-state index is 10.8. The largest absolute Gasteiger partial charge is 0.307 e. The van der Waals surface area contributed by atoms with Gasteiger partial charge in [-0.1, -0.05) is 18.2 Å². The van der Waals surface area contributed by atoms with Crippen LogP contribution in [0.5, 0.6) is 0 Å². The highest BCUT2D eigenvalue weighted by molar-refractivity contribution is 7.09. The topological polar surface area (TPSA) is 68.1 Å². The number of rotatable bonds is 5. The Bertz CT molecular complexity index is 554. The summed E-state index contributed by atoms with van der Waals surface area (Å²) < 4.78 is 0. The lowest BCUT2D eigenvalue weighted by Crippen LogP contribution is -2.13. The van der Waals surface area contributed by atoms with Crippen LogP contribution in [0.25, 0.3) is 0 Å². The Morgan fingerprint density at radius 1 is 1.39 bits per heavy atom. The molecule has 0 unspecified atom stereocenters. The van der Waals surface area contributed by atoms with Crippen molar-refractivity contribution in [2.45, 2.75) is 20.0 Å². The minimum atomic E-state index is -0.352. The zero-order valence-corrected chi connectivity index (χ0v) is 10.7. The lowest BCUT2D eigenvalue weighted by molar-refractivity contribution is -0.385. The Hall–Kier alpha value is -1.79. The molecule has 1 heterocycles. The second-order valence-corrected chi connectivity index (χ2v) is 4.79. The first-order chi connectivity index (χ1) is 8.68. The van der Waals surface area contributed by atoms with Crippen molar-refractivity contribution in [3.8, 4) is 0 Å². The molecule has 94 valence electrons. The number of benzene rings is 1. The van der Waals surface area contributed by atoms with Gasteiger partial charge in [0.05, 0.1) is 16.1 Å². The van der Waals surface area contributed by atoms with Crippen LogP contribution in [0.1, 0.15) is 16.1 Å². The Labute approximate surface area is 109 Å². The molecule has 0 saturated carbocycles. The predicted octanol–water partition coefficient (Wildman–Crippen LogP) is 2.65. The second kappa shape index (κ2) is 5.70. The van der Waals surface area contributed by atoms with E-state index < -0.39 is 0 Å². The van der Waals surface area contributed by atoms with Crippen LogP contribution in [0.3, 0.4) is 0 Å². The van der Waals surface area contributed by atoms with Gasteiger partial charge in [-0.25, -0.2) is 4.98 Å². The summed E-state index contributed by atoms with van der Waals surface area (Å²) in [5.74, 6) is 0. The molecule has 2 aromatic rings. The summed E-state index contributed by atoms with van der Waals surface area (Å²) >= 11 is 1.59. The van der Waals surface area contributed by atoms with Crippen LogP contribution in [0, 0.1) is 17.0 Å². The highest BCUT2D eigenvalue weighted by Gasteiger charge is 2.11. The van der Waals surface area contributed by atoms with E-state index in [0.717, 1.165) is 10.6 Å². The summed E-state index contributed by atoms with van der Waals surface area (Å²) in [7, 11) is 0. The molecule has 5 nitrogen and oxygen atoms in total. The molecule has 0 saturated heterocycles. The first-order valence-corrected chi connectivity index (χ1v) is 6.38. The molecule has 0 aliphatic carbocycles. The van der Waals surface area contributed by atoms with Crippen molar-refractivity contribution in [1.82, 2.24) is 10.3 Å². The quantitative estimate of drug-likeness (QED) is 0.665. The normalized spacial score (nSPS) is 10.5. The Morgan fingerprint density at radius 3 is 2.83 bits per heavy atom. The van der Waals surface area contributed by atoms with Crippen molar-refractivity contribution in [3.63, 3.8) is 0 Å². The fourth-order valence-electron chi connectivity index (χ4n) is 1.65. The van der Waals surface area contributed by atoms with E-state index in [2.05, 4.69) is 10.3 Å². The van der Waals surface area contributed by atoms with E-state index in [4.69, 9.17) is 0 Å². The van der Waals surface area contributed by atoms with E-state index in [1.165, 1.54) is 6.07 Å². The van der Waals surface area contributed by atoms with Crippen molar-refractivity contribution in [3.05, 3.63) is 56.0 Å². The fourth-order valence-corrected chi connectivity index (χ4v) is 2.39. The van der Waals surface area contributed by atoms with E-state index in [-0.39, 0.29) is 10.6 Å². The van der Waals surface area contributed by atoms with Crippen molar-refractivity contribution in [2.24, 2.45) is 0 Å². The Kier molecular flexibility index (Phi) is 4.01. The van der Waals surface area contributed by atoms with Gasteiger partial charge in [0.2, 0.25) is 0 Å². The molecular formula is C12H13N3O2S. The number of aryl methyl sites for hydroxylation is 1. The van der Waals surface area contributed by atoms with Crippen LogP contribution < -0.4 is 5.32 Å². The monoisotopic (exact) mass is 263 g/mol. The lowest BCUT2D eigenvalue weighted by atomic mass is 10.2. The van der Waals surface area contributed by atoms with E-state index in [9.17, 15) is 10.1 Å². The number of aromatic nitrogens is 1. The third-order valence-corrected chi connectivity index (χ3v) is 3.57. The second-order valence-electron chi connectivity index (χ2n) is 3.85. The number of hydrogen-bond donors (Lipinski definition) is 1. The van der Waals surface area contributed by atoms with Gasteiger partial charge in [-0.2, -0.15) is 0 Å². The lowest BCUT2D eigenvalue weighted by Gasteiger charge is -2.04. The molecule has 0 amide bonds. The Balaban J connectivity index is 1.99. The molecule has 6 heteroatoms. The van der Waals surface area contributed by atoms with Gasteiger partial charge in [-0.3, -0.25) is 10.1 Å². The standard InChI is InChI=1S/C12H13N3O2S/c1-9-12(18-8-14-9)7-13-6-10-4-2-3-5-11(10)15(16)17/h2-5,8,13H,6-7H2,1H3. The van der Waals surface area contributed by atoms with Crippen LogP contribution in [-0.2, 0) is 13.1 Å². The van der Waals surface area contributed by atoms with Gasteiger partial charge in [0, 0.05) is 29.6 Å². The summed E-state index contributed by atoms with van der Waals surface area (Å²) in [5, 5.41) is 14.0. The average Bonchev–Trinajstić information content (AvgIpc) is 2.76. The summed E-state index contributed by atoms with van der Waals surface area (Å²) in [6.45, 7) is 3.12. The van der Waals surface area contributed by atoms with Crippen LogP contribution in [0.4, 0.5) is 5.69 Å². The third-order valence-electron chi connectivity index (χ3n) is 2.63. The molecule has 0 radical (unpaired) electrons. The summed E-state index contributed by atoms with van der Waals surface area (Å²) in [5.41, 5.74) is 3.67. The number of thiazole rings is 1. The molecule has 2 rings (SSSR count). The number of nitro groups is 1. The number of nitro benzene ring substituents is 1. The van der Waals surface area contributed by atoms with Gasteiger partial charge in [0.25, 0.3) is 5.69 Å². The maximum Gasteiger partial charge on any atom is 0.273 e. The highest BCUT2D eigenvalue weighted by atomic mass is 32.1. The first kappa shape index (κ1) is 12.7. The van der Waals surface area contributed by atoms with Gasteiger partial charge in [-0.05, 0) is 6.92 Å². The van der Waals surface area contributed by atoms with Gasteiger partial charge >= 0.3 is 0 Å². The molecule has 1 aromatic carbocycles. The van der Waals surface area contributed by atoms with Gasteiger partial charge in [-0.15, -0.1) is 11.3 Å². The smallest absolute Gasteiger partial charge is 0.273 e. The average molecular weight is 263 g/mol. The summed E-state index contributed by atoms with van der Waals surface area (Å²) in [6.07, 6.45) is 0. The van der Waals surface area contributed by atoms with Gasteiger partial charge < -0.3 is 5.32 Å². The molecule has 0 atom stereocenters. The van der Waals surface area contributed by atoms with Crippen molar-refractivity contribution in [2.75, 3.05) is 0 Å².